The van der Waals surface area contributed by atoms with Crippen LogP contribution in [-0.4, -0.2) is 4.98 Å². The van der Waals surface area contributed by atoms with E-state index in [1.807, 2.05) is 19.1 Å². The Hall–Kier alpha value is -3.33. The van der Waals surface area contributed by atoms with Gasteiger partial charge in [0.25, 0.3) is 0 Å². The van der Waals surface area contributed by atoms with Crippen molar-refractivity contribution in [3.05, 3.63) is 101 Å². The van der Waals surface area contributed by atoms with Crippen LogP contribution >= 0.6 is 0 Å². The van der Waals surface area contributed by atoms with Gasteiger partial charge in [-0.3, -0.25) is 0 Å². The van der Waals surface area contributed by atoms with E-state index in [4.69, 9.17) is 9.15 Å². The van der Waals surface area contributed by atoms with Gasteiger partial charge >= 0.3 is 0 Å². The SMILES string of the molecule is CCCCCCc1cc2nc(C)oc2c2c1OC(c1ccccc1)(c1ccccc1)C=C2. The lowest BCUT2D eigenvalue weighted by atomic mass is 9.83. The fraction of sp³-hybridized carbons (Fsp3) is 0.276. The normalized spacial score (nSPS) is 14.3. The molecule has 1 aliphatic heterocycles. The summed E-state index contributed by atoms with van der Waals surface area (Å²) in [5.74, 6) is 1.60. The quantitative estimate of drug-likeness (QED) is 0.287. The number of aryl methyl sites for hydroxylation is 2. The molecule has 0 saturated heterocycles. The van der Waals surface area contributed by atoms with Crippen molar-refractivity contribution < 1.29 is 9.15 Å². The third-order valence-corrected chi connectivity index (χ3v) is 6.30. The lowest BCUT2D eigenvalue weighted by Crippen LogP contribution is -2.34. The number of unbranched alkanes of at least 4 members (excludes halogenated alkanes) is 3. The van der Waals surface area contributed by atoms with Crippen LogP contribution in [0.1, 0.15) is 60.8 Å². The first kappa shape index (κ1) is 20.6. The molecule has 0 fully saturated rings. The molecule has 162 valence electrons. The maximum absolute atomic E-state index is 7.02. The molecule has 3 aromatic carbocycles. The number of ether oxygens (including phenoxy) is 1. The summed E-state index contributed by atoms with van der Waals surface area (Å²) in [5, 5.41) is 0. The number of hydrogen-bond acceptors (Lipinski definition) is 3. The van der Waals surface area contributed by atoms with Crippen molar-refractivity contribution in [1.29, 1.82) is 0 Å². The maximum atomic E-state index is 7.02. The van der Waals surface area contributed by atoms with E-state index >= 15 is 0 Å². The second kappa shape index (κ2) is 8.66. The Kier molecular flexibility index (Phi) is 5.57. The van der Waals surface area contributed by atoms with Crippen LogP contribution in [-0.2, 0) is 12.0 Å². The Morgan fingerprint density at radius 2 is 1.56 bits per heavy atom. The van der Waals surface area contributed by atoms with Crippen molar-refractivity contribution in [2.45, 2.75) is 51.6 Å². The molecule has 2 heterocycles. The number of oxazole rings is 1. The van der Waals surface area contributed by atoms with E-state index in [0.29, 0.717) is 5.89 Å². The highest BCUT2D eigenvalue weighted by atomic mass is 16.5. The monoisotopic (exact) mass is 423 g/mol. The van der Waals surface area contributed by atoms with Crippen molar-refractivity contribution in [2.24, 2.45) is 0 Å². The largest absolute Gasteiger partial charge is 0.473 e. The molecule has 0 radical (unpaired) electrons. The summed E-state index contributed by atoms with van der Waals surface area (Å²) in [7, 11) is 0. The summed E-state index contributed by atoms with van der Waals surface area (Å²) in [6.07, 6.45) is 10.1. The number of rotatable bonds is 7. The lowest BCUT2D eigenvalue weighted by Gasteiger charge is -2.37. The summed E-state index contributed by atoms with van der Waals surface area (Å²) < 4.78 is 13.0. The second-order valence-electron chi connectivity index (χ2n) is 8.57. The van der Waals surface area contributed by atoms with Gasteiger partial charge in [0, 0.05) is 18.1 Å². The second-order valence-corrected chi connectivity index (χ2v) is 8.57. The van der Waals surface area contributed by atoms with E-state index in [2.05, 4.69) is 78.7 Å². The highest BCUT2D eigenvalue weighted by molar-refractivity contribution is 5.89. The van der Waals surface area contributed by atoms with Crippen LogP contribution in [0.25, 0.3) is 17.2 Å². The van der Waals surface area contributed by atoms with Gasteiger partial charge in [0.2, 0.25) is 0 Å². The van der Waals surface area contributed by atoms with Gasteiger partial charge in [-0.1, -0.05) is 86.8 Å². The van der Waals surface area contributed by atoms with Crippen molar-refractivity contribution >= 4 is 17.2 Å². The first-order chi connectivity index (χ1) is 15.7. The lowest BCUT2D eigenvalue weighted by molar-refractivity contribution is 0.159. The van der Waals surface area contributed by atoms with Gasteiger partial charge in [0.05, 0.1) is 5.56 Å². The third-order valence-electron chi connectivity index (χ3n) is 6.30. The predicted molar refractivity (Wildman–Crippen MR) is 130 cm³/mol. The molecular weight excluding hydrogens is 394 g/mol. The molecule has 0 saturated carbocycles. The number of fused-ring (bicyclic) bond motifs is 3. The summed E-state index contributed by atoms with van der Waals surface area (Å²) in [5.41, 5.74) is 5.45. The molecule has 0 aliphatic carbocycles. The molecule has 32 heavy (non-hydrogen) atoms. The van der Waals surface area contributed by atoms with E-state index in [0.717, 1.165) is 46.4 Å². The van der Waals surface area contributed by atoms with Gasteiger partial charge in [0.15, 0.2) is 17.1 Å². The minimum absolute atomic E-state index is 0.682. The summed E-state index contributed by atoms with van der Waals surface area (Å²) in [6.45, 7) is 4.15. The van der Waals surface area contributed by atoms with Crippen molar-refractivity contribution in [3.63, 3.8) is 0 Å². The average molecular weight is 424 g/mol. The molecule has 3 nitrogen and oxygen atoms in total. The fourth-order valence-corrected chi connectivity index (χ4v) is 4.68. The molecule has 1 aromatic heterocycles. The molecule has 1 aliphatic rings. The van der Waals surface area contributed by atoms with Gasteiger partial charge in [-0.15, -0.1) is 0 Å². The van der Waals surface area contributed by atoms with Crippen LogP contribution in [0, 0.1) is 6.92 Å². The molecule has 0 unspecified atom stereocenters. The van der Waals surface area contributed by atoms with Gasteiger partial charge in [0.1, 0.15) is 11.3 Å². The summed E-state index contributed by atoms with van der Waals surface area (Å²) in [4.78, 5) is 4.62. The predicted octanol–water partition coefficient (Wildman–Crippen LogP) is 7.61. The van der Waals surface area contributed by atoms with Gasteiger partial charge in [-0.2, -0.15) is 0 Å². The van der Waals surface area contributed by atoms with E-state index < -0.39 is 5.60 Å². The highest BCUT2D eigenvalue weighted by Gasteiger charge is 2.38. The van der Waals surface area contributed by atoms with E-state index in [-0.39, 0.29) is 0 Å². The Morgan fingerprint density at radius 3 is 2.22 bits per heavy atom. The maximum Gasteiger partial charge on any atom is 0.192 e. The zero-order valence-electron chi connectivity index (χ0n) is 18.8. The molecule has 0 N–H and O–H groups in total. The van der Waals surface area contributed by atoms with Crippen molar-refractivity contribution in [2.75, 3.05) is 0 Å². The van der Waals surface area contributed by atoms with Gasteiger partial charge in [-0.25, -0.2) is 4.98 Å². The fourth-order valence-electron chi connectivity index (χ4n) is 4.68. The Balaban J connectivity index is 1.67. The van der Waals surface area contributed by atoms with Gasteiger partial charge < -0.3 is 9.15 Å². The smallest absolute Gasteiger partial charge is 0.192 e. The van der Waals surface area contributed by atoms with Crippen LogP contribution in [0.2, 0.25) is 0 Å². The van der Waals surface area contributed by atoms with Crippen molar-refractivity contribution in [1.82, 2.24) is 4.98 Å². The highest BCUT2D eigenvalue weighted by Crippen LogP contribution is 2.46. The topological polar surface area (TPSA) is 35.3 Å². The molecule has 5 rings (SSSR count). The molecule has 3 heteroatoms. The number of benzene rings is 3. The first-order valence-electron chi connectivity index (χ1n) is 11.6. The van der Waals surface area contributed by atoms with E-state index in [1.165, 1.54) is 24.8 Å². The average Bonchev–Trinajstić information content (AvgIpc) is 3.22. The van der Waals surface area contributed by atoms with Crippen molar-refractivity contribution in [3.8, 4) is 5.75 Å². The van der Waals surface area contributed by atoms with Crippen LogP contribution < -0.4 is 4.74 Å². The first-order valence-corrected chi connectivity index (χ1v) is 11.6. The van der Waals surface area contributed by atoms with Crippen LogP contribution in [0.4, 0.5) is 0 Å². The van der Waals surface area contributed by atoms with E-state index in [1.54, 1.807) is 0 Å². The molecular formula is C29H29NO2. The number of aromatic nitrogens is 1. The van der Waals surface area contributed by atoms with Crippen LogP contribution in [0.3, 0.4) is 0 Å². The molecule has 4 aromatic rings. The zero-order chi connectivity index (χ0) is 22.0. The minimum atomic E-state index is -0.684. The Bertz CT molecular complexity index is 1200. The summed E-state index contributed by atoms with van der Waals surface area (Å²) >= 11 is 0. The Morgan fingerprint density at radius 1 is 0.875 bits per heavy atom. The number of hydrogen-bond donors (Lipinski definition) is 0. The Labute approximate surface area is 189 Å². The number of nitrogens with zero attached hydrogens (tertiary/aromatic N) is 1. The van der Waals surface area contributed by atoms with E-state index in [9.17, 15) is 0 Å². The van der Waals surface area contributed by atoms with Crippen LogP contribution in [0.5, 0.6) is 5.75 Å². The molecule has 0 bridgehead atoms. The minimum Gasteiger partial charge on any atom is -0.473 e. The summed E-state index contributed by atoms with van der Waals surface area (Å²) in [6, 6.07) is 23.1. The molecule has 0 amide bonds. The molecule has 0 spiro atoms. The zero-order valence-corrected chi connectivity index (χ0v) is 18.8. The third kappa shape index (κ3) is 3.62. The van der Waals surface area contributed by atoms with Gasteiger partial charge in [-0.05, 0) is 36.6 Å². The standard InChI is InChI=1S/C29H29NO2/c1-3-4-5-8-13-22-20-26-28(31-21(2)30-26)25-18-19-29(32-27(22)25,23-14-9-6-10-15-23)24-16-11-7-12-17-24/h6-7,9-12,14-20H,3-5,8,13H2,1-2H3. The van der Waals surface area contributed by atoms with Crippen LogP contribution in [0.15, 0.2) is 77.2 Å². The molecule has 0 atom stereocenters.